The number of thiophene rings is 1. The van der Waals surface area contributed by atoms with Crippen LogP contribution in [0.15, 0.2) is 16.3 Å². The summed E-state index contributed by atoms with van der Waals surface area (Å²) in [6.45, 7) is 4.24. The molecule has 1 aliphatic carbocycles. The van der Waals surface area contributed by atoms with Gasteiger partial charge in [0.25, 0.3) is 10.0 Å². The summed E-state index contributed by atoms with van der Waals surface area (Å²) in [4.78, 5) is 1.05. The van der Waals surface area contributed by atoms with E-state index in [0.29, 0.717) is 29.3 Å². The number of sulfonamides is 1. The van der Waals surface area contributed by atoms with Gasteiger partial charge in [0.05, 0.1) is 0 Å². The van der Waals surface area contributed by atoms with E-state index >= 15 is 0 Å². The van der Waals surface area contributed by atoms with E-state index in [1.54, 1.807) is 10.4 Å². The van der Waals surface area contributed by atoms with Gasteiger partial charge in [-0.1, -0.05) is 0 Å². The topological polar surface area (TPSA) is 49.4 Å². The molecular formula is C14H22N2O2S2. The van der Waals surface area contributed by atoms with Gasteiger partial charge in [-0.05, 0) is 57.2 Å². The average molecular weight is 314 g/mol. The lowest BCUT2D eigenvalue weighted by Gasteiger charge is -2.31. The molecule has 0 bridgehead atoms. The van der Waals surface area contributed by atoms with Crippen LogP contribution in [0.5, 0.6) is 0 Å². The van der Waals surface area contributed by atoms with Crippen LogP contribution in [0, 0.1) is 12.8 Å². The highest BCUT2D eigenvalue weighted by atomic mass is 32.2. The Labute approximate surface area is 125 Å². The maximum Gasteiger partial charge on any atom is 0.252 e. The van der Waals surface area contributed by atoms with Gasteiger partial charge in [-0.15, -0.1) is 11.3 Å². The van der Waals surface area contributed by atoms with Crippen molar-refractivity contribution < 1.29 is 8.42 Å². The van der Waals surface area contributed by atoms with Crippen molar-refractivity contribution in [3.63, 3.8) is 0 Å². The highest BCUT2D eigenvalue weighted by Gasteiger charge is 2.31. The van der Waals surface area contributed by atoms with E-state index in [1.165, 1.54) is 24.2 Å². The smallest absolute Gasteiger partial charge is 0.252 e. The minimum atomic E-state index is -3.27. The minimum Gasteiger partial charge on any atom is -0.314 e. The molecule has 112 valence electrons. The molecule has 1 N–H and O–H groups in total. The Bertz CT molecular complexity index is 563. The first-order valence-corrected chi connectivity index (χ1v) is 9.61. The summed E-state index contributed by atoms with van der Waals surface area (Å²) in [5.74, 6) is 0.459. The second kappa shape index (κ2) is 5.75. The van der Waals surface area contributed by atoms with E-state index in [9.17, 15) is 8.42 Å². The average Bonchev–Trinajstić information content (AvgIpc) is 3.16. The Morgan fingerprint density at radius 1 is 1.35 bits per heavy atom. The number of hydrogen-bond donors (Lipinski definition) is 1. The summed E-state index contributed by atoms with van der Waals surface area (Å²) in [6.07, 6.45) is 4.67. The van der Waals surface area contributed by atoms with Gasteiger partial charge in [0.1, 0.15) is 4.21 Å². The zero-order valence-electron chi connectivity index (χ0n) is 11.8. The van der Waals surface area contributed by atoms with E-state index in [1.807, 2.05) is 13.0 Å². The van der Waals surface area contributed by atoms with Gasteiger partial charge >= 0.3 is 0 Å². The predicted molar refractivity (Wildman–Crippen MR) is 81.6 cm³/mol. The molecule has 20 heavy (non-hydrogen) atoms. The van der Waals surface area contributed by atoms with E-state index in [2.05, 4.69) is 5.32 Å². The fraction of sp³-hybridized carbons (Fsp3) is 0.714. The Morgan fingerprint density at radius 3 is 2.80 bits per heavy atom. The van der Waals surface area contributed by atoms with Crippen molar-refractivity contribution in [2.24, 2.45) is 5.92 Å². The highest BCUT2D eigenvalue weighted by Crippen LogP contribution is 2.28. The van der Waals surface area contributed by atoms with Crippen LogP contribution in [-0.4, -0.2) is 38.4 Å². The largest absolute Gasteiger partial charge is 0.314 e. The summed E-state index contributed by atoms with van der Waals surface area (Å²) >= 11 is 1.37. The number of rotatable bonds is 5. The normalized spacial score (nSPS) is 24.9. The number of nitrogens with zero attached hydrogens (tertiary/aromatic N) is 1. The molecule has 0 spiro atoms. The quantitative estimate of drug-likeness (QED) is 0.906. The van der Waals surface area contributed by atoms with Crippen molar-refractivity contribution in [3.05, 3.63) is 17.0 Å². The molecule has 6 heteroatoms. The molecular weight excluding hydrogens is 292 g/mol. The van der Waals surface area contributed by atoms with Gasteiger partial charge in [0.15, 0.2) is 0 Å². The zero-order chi connectivity index (χ0) is 14.2. The third-order valence-electron chi connectivity index (χ3n) is 4.06. The molecule has 1 aliphatic heterocycles. The second-order valence-corrected chi connectivity index (χ2v) is 9.37. The maximum absolute atomic E-state index is 12.6. The zero-order valence-corrected chi connectivity index (χ0v) is 13.5. The van der Waals surface area contributed by atoms with Crippen LogP contribution in [0.4, 0.5) is 0 Å². The third kappa shape index (κ3) is 3.24. The van der Waals surface area contributed by atoms with E-state index in [0.717, 1.165) is 24.3 Å². The SMILES string of the molecule is Cc1ccc(S(=O)(=O)N2CCCC(CNC3CC3)C2)s1. The predicted octanol–water partition coefficient (Wildman–Crippen LogP) is 2.21. The first kappa shape index (κ1) is 14.5. The lowest BCUT2D eigenvalue weighted by molar-refractivity contribution is 0.260. The molecule has 0 aromatic carbocycles. The Hall–Kier alpha value is -0.430. The van der Waals surface area contributed by atoms with E-state index in [-0.39, 0.29) is 0 Å². The lowest BCUT2D eigenvalue weighted by Crippen LogP contribution is -2.42. The molecule has 2 fully saturated rings. The van der Waals surface area contributed by atoms with Crippen LogP contribution in [0.25, 0.3) is 0 Å². The Kier molecular flexibility index (Phi) is 4.17. The Morgan fingerprint density at radius 2 is 2.15 bits per heavy atom. The number of hydrogen-bond acceptors (Lipinski definition) is 4. The number of aryl methyl sites for hydroxylation is 1. The van der Waals surface area contributed by atoms with E-state index in [4.69, 9.17) is 0 Å². The number of nitrogens with one attached hydrogen (secondary N) is 1. The first-order valence-electron chi connectivity index (χ1n) is 7.35. The van der Waals surface area contributed by atoms with Crippen LogP contribution in [0.2, 0.25) is 0 Å². The molecule has 1 saturated carbocycles. The van der Waals surface area contributed by atoms with Gasteiger partial charge < -0.3 is 5.32 Å². The van der Waals surface area contributed by atoms with Crippen molar-refractivity contribution in [1.82, 2.24) is 9.62 Å². The monoisotopic (exact) mass is 314 g/mol. The van der Waals surface area contributed by atoms with Crippen LogP contribution in [0.1, 0.15) is 30.6 Å². The van der Waals surface area contributed by atoms with Crippen LogP contribution in [-0.2, 0) is 10.0 Å². The highest BCUT2D eigenvalue weighted by molar-refractivity contribution is 7.91. The lowest BCUT2D eigenvalue weighted by atomic mass is 10.00. The Balaban J connectivity index is 1.65. The van der Waals surface area contributed by atoms with Gasteiger partial charge in [0, 0.05) is 24.0 Å². The molecule has 1 aromatic rings. The first-order chi connectivity index (χ1) is 9.55. The molecule has 1 unspecified atom stereocenters. The van der Waals surface area contributed by atoms with Crippen molar-refractivity contribution in [1.29, 1.82) is 0 Å². The van der Waals surface area contributed by atoms with Gasteiger partial charge in [-0.2, -0.15) is 4.31 Å². The van der Waals surface area contributed by atoms with E-state index < -0.39 is 10.0 Å². The van der Waals surface area contributed by atoms with Gasteiger partial charge in [-0.3, -0.25) is 0 Å². The summed E-state index contributed by atoms with van der Waals surface area (Å²) < 4.78 is 27.4. The molecule has 1 atom stereocenters. The fourth-order valence-corrected chi connectivity index (χ4v) is 5.70. The van der Waals surface area contributed by atoms with Crippen LogP contribution >= 0.6 is 11.3 Å². The molecule has 4 nitrogen and oxygen atoms in total. The van der Waals surface area contributed by atoms with Crippen molar-refractivity contribution >= 4 is 21.4 Å². The summed E-state index contributed by atoms with van der Waals surface area (Å²) in [5.41, 5.74) is 0. The molecule has 2 heterocycles. The molecule has 0 amide bonds. The molecule has 3 rings (SSSR count). The van der Waals surface area contributed by atoms with Crippen molar-refractivity contribution in [2.75, 3.05) is 19.6 Å². The van der Waals surface area contributed by atoms with Crippen LogP contribution in [0.3, 0.4) is 0 Å². The standard InChI is InChI=1S/C14H22N2O2S2/c1-11-4-7-14(19-11)20(17,18)16-8-2-3-12(10-16)9-15-13-5-6-13/h4,7,12-13,15H,2-3,5-6,8-10H2,1H3. The third-order valence-corrected chi connectivity index (χ3v) is 7.40. The van der Waals surface area contributed by atoms with Gasteiger partial charge in [-0.25, -0.2) is 8.42 Å². The second-order valence-electron chi connectivity index (χ2n) is 5.92. The summed E-state index contributed by atoms with van der Waals surface area (Å²) in [6, 6.07) is 4.32. The molecule has 1 aromatic heterocycles. The summed E-state index contributed by atoms with van der Waals surface area (Å²) in [5, 5.41) is 3.52. The summed E-state index contributed by atoms with van der Waals surface area (Å²) in [7, 11) is -3.27. The van der Waals surface area contributed by atoms with Gasteiger partial charge in [0.2, 0.25) is 0 Å². The molecule has 2 aliphatic rings. The maximum atomic E-state index is 12.6. The molecule has 0 radical (unpaired) electrons. The van der Waals surface area contributed by atoms with Crippen molar-refractivity contribution in [3.8, 4) is 0 Å². The number of piperidine rings is 1. The van der Waals surface area contributed by atoms with Crippen LogP contribution < -0.4 is 5.32 Å². The molecule has 1 saturated heterocycles. The van der Waals surface area contributed by atoms with Crippen molar-refractivity contribution in [2.45, 2.75) is 42.9 Å². The minimum absolute atomic E-state index is 0.459. The fourth-order valence-electron chi connectivity index (χ4n) is 2.71.